The van der Waals surface area contributed by atoms with Crippen molar-refractivity contribution in [1.29, 1.82) is 0 Å². The Labute approximate surface area is 761 Å². The average molecular weight is 2030 g/mol. The second kappa shape index (κ2) is 50.8. The molecule has 37 heteroatoms. The van der Waals surface area contributed by atoms with E-state index in [0.717, 1.165) is 50.8 Å². The van der Waals surface area contributed by atoms with Crippen molar-refractivity contribution < 1.29 is 147 Å². The minimum atomic E-state index is -1.04. The van der Waals surface area contributed by atoms with Gasteiger partial charge < -0.3 is 70.2 Å². The molecule has 9 aliphatic rings. The molecule has 0 aromatic heterocycles. The number of ether oxygens (including phenoxy) is 9. The first-order valence-corrected chi connectivity index (χ1v) is 42.0. The number of carboxylic acids is 1. The number of amides is 5. The van der Waals surface area contributed by atoms with Crippen molar-refractivity contribution in [2.75, 3.05) is 86.4 Å². The first-order chi connectivity index (χ1) is 56.9. The van der Waals surface area contributed by atoms with Gasteiger partial charge in [0, 0.05) is 35.2 Å². The number of nitrogens with zero attached hydrogens (tertiary/aromatic N) is 5. The molecule has 119 heavy (non-hydrogen) atoms. The molecule has 9 heterocycles. The molecule has 7 aromatic rings. The fraction of sp³-hybridized carbons (Fsp3) is 0.354. The maximum Gasteiger partial charge on any atom is 1.00 e. The fourth-order valence-corrected chi connectivity index (χ4v) is 13.8. The molecular weight excluding hydrogens is 1940 g/mol. The molecule has 2 unspecified atom stereocenters. The molecule has 0 radical (unpaired) electrons. The number of aliphatic carboxylic acids is 1. The fourth-order valence-electron chi connectivity index (χ4n) is 12.9. The van der Waals surface area contributed by atoms with Crippen LogP contribution in [0.5, 0.6) is 0 Å². The molecule has 0 aliphatic carbocycles. The van der Waals surface area contributed by atoms with Crippen LogP contribution < -0.4 is 40.6 Å². The number of fused-ring (bicyclic) bond motifs is 8. The van der Waals surface area contributed by atoms with Crippen LogP contribution in [0.4, 0.5) is 24.0 Å². The van der Waals surface area contributed by atoms with Gasteiger partial charge in [0.15, 0.2) is 17.9 Å². The van der Waals surface area contributed by atoms with Crippen LogP contribution in [0, 0.1) is 0 Å². The molecule has 5 amide bonds. The van der Waals surface area contributed by atoms with Gasteiger partial charge in [0.2, 0.25) is 0 Å². The van der Waals surface area contributed by atoms with E-state index in [1.54, 1.807) is 28.0 Å². The minimum absolute atomic E-state index is 0. The number of ketones is 1. The van der Waals surface area contributed by atoms with E-state index in [1.807, 2.05) is 164 Å². The first-order valence-electron chi connectivity index (χ1n) is 36.3. The summed E-state index contributed by atoms with van der Waals surface area (Å²) in [7, 11) is 3.82. The third-order valence-corrected chi connectivity index (χ3v) is 20.2. The number of rotatable bonds is 15. The number of methoxy groups -OCH3 is 3. The van der Waals surface area contributed by atoms with Crippen LogP contribution in [0.2, 0.25) is 0 Å². The van der Waals surface area contributed by atoms with Gasteiger partial charge >= 0.3 is 83.9 Å². The summed E-state index contributed by atoms with van der Waals surface area (Å²) in [6.45, 7) is 3.73. The van der Waals surface area contributed by atoms with Crippen LogP contribution in [-0.2, 0) is 112 Å². The average Bonchev–Trinajstić information content (AvgIpc) is 1.55. The van der Waals surface area contributed by atoms with E-state index in [2.05, 4.69) is 99.4 Å². The zero-order chi connectivity index (χ0) is 85.9. The number of halogens is 5. The zero-order valence-corrected chi connectivity index (χ0v) is 75.3. The van der Waals surface area contributed by atoms with Gasteiger partial charge in [-0.1, -0.05) is 262 Å². The molecule has 0 bridgehead atoms. The number of nitrogens with two attached hydrogens (primary N) is 1. The second-order valence-corrected chi connectivity index (χ2v) is 32.2. The van der Waals surface area contributed by atoms with Crippen LogP contribution in [0.15, 0.2) is 194 Å². The third-order valence-electron chi connectivity index (χ3n) is 19.0. The van der Waals surface area contributed by atoms with Crippen LogP contribution in [0.1, 0.15) is 66.7 Å². The third kappa shape index (κ3) is 27.6. The van der Waals surface area contributed by atoms with Crippen LogP contribution in [0.3, 0.4) is 0 Å². The number of aldehydes is 1. The van der Waals surface area contributed by atoms with Gasteiger partial charge in [0.1, 0.15) is 80.7 Å². The summed E-state index contributed by atoms with van der Waals surface area (Å²) in [5, 5.41) is 40.0. The van der Waals surface area contributed by atoms with Crippen molar-refractivity contribution in [3.05, 3.63) is 250 Å². The predicted molar refractivity (Wildman–Crippen MR) is 456 cm³/mol. The molecule has 9 aliphatic heterocycles. The van der Waals surface area contributed by atoms with Gasteiger partial charge in [-0.05, 0) is 44.5 Å². The summed E-state index contributed by atoms with van der Waals surface area (Å²) in [6, 6.07) is 57.0. The standard InChI is InChI=1S/C12H12INO3.C12H13NO4.C12H11NO3.C11H11NO4.C11H9NO3.C11H15NO3.C7H6O.C4H9NO3.CH2Cl2.CH2I2.Na.H/c13-7-12(16)9-4-2-1-3-8(9)5-14-10(12)6-17-11(14)15;1-16-11(14)10-8-17-12(15)13(10)7-9-5-3-2-4-6-9;14-11-13-5-8-3-1-2-4-9(8)12(7-16-12)10(13)6-15-11;13-10(14)9-7-16-11(15)12(9)6-8-4-2-1-3-5-8;13-10-8-4-2-1-3-7(8)5-12-9(10)6-15-11(12)14;1-15-11(14)10(8-13)12-7-9-5-3-2-4-6-9;8-6-7-4-2-1-3-5-7;1-8-4(7)3(5)2-6;2*2-1-3;;/h1-4,10,16H,5-7H2;2-6,10H,7-8H2,1H3;1-4,10H,5-7H2;1-5,9H,6-7H2,(H,13,14);1-4,9H,5-6H2;2-6,10,12-13H,7-8H2,1H3;1-6H;3,6H,2,5H2,1H3;2*1H2;;/q;;;;;;;;;;+1;-1/t10-,12?;10-;10-,12?;2*9-;10-;;3-;;;;/m111111.1..../s1. The van der Waals surface area contributed by atoms with Crippen molar-refractivity contribution >= 4 is 157 Å². The number of hydrogen-bond acceptors (Lipinski definition) is 25. The molecule has 0 saturated carbocycles. The van der Waals surface area contributed by atoms with E-state index in [1.165, 1.54) is 49.6 Å². The van der Waals surface area contributed by atoms with Gasteiger partial charge in [-0.25, -0.2) is 33.6 Å². The van der Waals surface area contributed by atoms with Gasteiger partial charge in [-0.15, -0.1) is 23.2 Å². The number of alkyl halides is 5. The van der Waals surface area contributed by atoms with Crippen LogP contribution >= 0.6 is 91.0 Å². The quantitative estimate of drug-likeness (QED) is 0.0114. The molecule has 1 spiro atoms. The van der Waals surface area contributed by atoms with E-state index in [9.17, 15) is 57.8 Å². The monoisotopic (exact) mass is 2030 g/mol. The predicted octanol–water partition coefficient (Wildman–Crippen LogP) is 7.01. The zero-order valence-electron chi connectivity index (χ0n) is 66.3. The smallest absolute Gasteiger partial charge is 1.00 e. The molecule has 6 saturated heterocycles. The van der Waals surface area contributed by atoms with Crippen molar-refractivity contribution in [2.45, 2.75) is 92.8 Å². The summed E-state index contributed by atoms with van der Waals surface area (Å²) >= 11 is 16.2. The topological polar surface area (TPSA) is 409 Å². The first kappa shape index (κ1) is 99.5. The van der Waals surface area contributed by atoms with Crippen molar-refractivity contribution in [2.24, 2.45) is 5.73 Å². The van der Waals surface area contributed by atoms with Gasteiger partial charge in [0.05, 0.1) is 68.6 Å². The summed E-state index contributed by atoms with van der Waals surface area (Å²) in [5.41, 5.74) is 13.3. The van der Waals surface area contributed by atoms with Gasteiger partial charge in [-0.3, -0.25) is 49.0 Å². The van der Waals surface area contributed by atoms with Gasteiger partial charge in [0.25, 0.3) is 0 Å². The molecule has 9 atom stereocenters. The maximum atomic E-state index is 12.0. The second-order valence-electron chi connectivity index (χ2n) is 26.2. The number of esters is 3. The number of aliphatic hydroxyl groups is 3. The Morgan fingerprint density at radius 1 is 0.555 bits per heavy atom. The maximum absolute atomic E-state index is 12.0. The summed E-state index contributed by atoms with van der Waals surface area (Å²) in [4.78, 5) is 131. The van der Waals surface area contributed by atoms with E-state index in [0.29, 0.717) is 50.4 Å². The van der Waals surface area contributed by atoms with Gasteiger partial charge in [-0.2, -0.15) is 0 Å². The number of aliphatic hydroxyl groups excluding tert-OH is 2. The number of hydrogen-bond donors (Lipinski definition) is 6. The SMILES string of the molecule is COC(=O)[C@@H](CO)NCc1ccccc1.COC(=O)[C@H](N)CO.COC(=O)[C@H]1COC(=O)N1Cc1ccccc1.ClCCl.ICI.O=C(O)[C@H]1COC(=O)N1Cc1ccccc1.O=C1OC[C@H]2N1Cc1ccccc1C2(O)CI.O=C1OC[C@H]2N1Cc1ccccc1C21CO1.O=C1c2ccccc2CN2C(=O)OC[C@H]12.O=Cc1ccccc1.[H-].[Na+]. The summed E-state index contributed by atoms with van der Waals surface area (Å²) in [6.07, 6.45) is -1.15. The largest absolute Gasteiger partial charge is 1.00 e. The molecule has 7 N–H and O–H groups in total. The van der Waals surface area contributed by atoms with E-state index >= 15 is 0 Å². The molecule has 31 nitrogen and oxygen atoms in total. The Morgan fingerprint density at radius 2 is 0.966 bits per heavy atom. The summed E-state index contributed by atoms with van der Waals surface area (Å²) in [5.74, 6) is -2.54. The van der Waals surface area contributed by atoms with Crippen LogP contribution in [-0.4, -0.2) is 240 Å². The minimum Gasteiger partial charge on any atom is -1.00 e. The number of carbonyl (C=O) groups excluding carboxylic acids is 10. The number of benzene rings is 7. The van der Waals surface area contributed by atoms with E-state index in [-0.39, 0.29) is 124 Å². The number of carbonyl (C=O) groups is 11. The van der Waals surface area contributed by atoms with Crippen molar-refractivity contribution in [3.8, 4) is 0 Å². The number of epoxide rings is 1. The van der Waals surface area contributed by atoms with Crippen LogP contribution in [0.25, 0.3) is 0 Å². The summed E-state index contributed by atoms with van der Waals surface area (Å²) < 4.78 is 45.3. The van der Waals surface area contributed by atoms with Crippen molar-refractivity contribution in [3.63, 3.8) is 0 Å². The number of nitrogens with one attached hydrogen (secondary N) is 1. The number of cyclic esters (lactones) is 5. The molecular formula is C82H91Cl2I3N7NaO24. The van der Waals surface area contributed by atoms with E-state index in [4.69, 9.17) is 72.7 Å². The number of Topliss-reactive ketones (excluding diaryl/α,β-unsaturated/α-hetero) is 1. The Balaban J connectivity index is 0.000000244. The normalized spacial score (nSPS) is 20.6. The Hall–Kier alpha value is -8.36. The molecule has 634 valence electrons. The van der Waals surface area contributed by atoms with E-state index < -0.39 is 71.9 Å². The Kier molecular flexibility index (Phi) is 42.4. The van der Waals surface area contributed by atoms with Crippen molar-refractivity contribution in [1.82, 2.24) is 29.8 Å². The molecule has 16 rings (SSSR count). The molecule has 7 aromatic carbocycles. The Morgan fingerprint density at radius 3 is 1.43 bits per heavy atom. The number of carboxylic acid groups (broad SMARTS) is 1. The Bertz CT molecular complexity index is 4480. The molecule has 6 fully saturated rings.